The summed E-state index contributed by atoms with van der Waals surface area (Å²) in [6.45, 7) is 4.98. The second-order valence-corrected chi connectivity index (χ2v) is 4.92. The van der Waals surface area contributed by atoms with Crippen LogP contribution in [0.25, 0.3) is 0 Å². The Labute approximate surface area is 82.9 Å². The van der Waals surface area contributed by atoms with Gasteiger partial charge >= 0.3 is 0 Å². The summed E-state index contributed by atoms with van der Waals surface area (Å²) in [4.78, 5) is 0. The van der Waals surface area contributed by atoms with Crippen LogP contribution < -0.4 is 0 Å². The third-order valence-electron chi connectivity index (χ3n) is 2.00. The molecule has 0 rings (SSSR count). The van der Waals surface area contributed by atoms with Crippen molar-refractivity contribution in [1.29, 1.82) is 0 Å². The van der Waals surface area contributed by atoms with Crippen LogP contribution in [0.4, 0.5) is 0 Å². The molecule has 0 heterocycles. The molecule has 0 N–H and O–H groups in total. The maximum atomic E-state index is 11.2. The molecule has 1 atom stereocenters. The number of hydrogen-bond acceptors (Lipinski definition) is 2. The highest BCUT2D eigenvalue weighted by atomic mass is 31.1. The van der Waals surface area contributed by atoms with Crippen molar-refractivity contribution in [2.45, 2.75) is 52.4 Å². The Kier molecular flexibility index (Phi) is 10.4. The van der Waals surface area contributed by atoms with Crippen LogP contribution in [0.1, 0.15) is 52.4 Å². The van der Waals surface area contributed by atoms with Crippen LogP contribution >= 0.6 is 8.03 Å². The Morgan fingerprint density at radius 1 is 1.00 bits per heavy atom. The maximum absolute atomic E-state index is 11.2. The van der Waals surface area contributed by atoms with E-state index in [1.807, 2.05) is 0 Å². The quantitative estimate of drug-likeness (QED) is 0.423. The summed E-state index contributed by atoms with van der Waals surface area (Å²) < 4.78 is 16.5. The molecule has 0 saturated heterocycles. The van der Waals surface area contributed by atoms with Crippen LogP contribution in [0.15, 0.2) is 0 Å². The molecule has 0 aliphatic carbocycles. The summed E-state index contributed by atoms with van der Waals surface area (Å²) in [5.41, 5.74) is 0. The zero-order chi connectivity index (χ0) is 9.94. The topological polar surface area (TPSA) is 26.3 Å². The zero-order valence-electron chi connectivity index (χ0n) is 8.97. The van der Waals surface area contributed by atoms with Crippen molar-refractivity contribution in [3.05, 3.63) is 0 Å². The van der Waals surface area contributed by atoms with E-state index < -0.39 is 8.03 Å². The first kappa shape index (κ1) is 13.2. The number of hydrogen-bond donors (Lipinski definition) is 0. The van der Waals surface area contributed by atoms with Crippen LogP contribution in [0, 0.1) is 0 Å². The normalized spacial score (nSPS) is 13.1. The van der Waals surface area contributed by atoms with E-state index in [-0.39, 0.29) is 0 Å². The molecule has 0 saturated carbocycles. The fraction of sp³-hybridized carbons (Fsp3) is 1.00. The lowest BCUT2D eigenvalue weighted by molar-refractivity contribution is 0.320. The Morgan fingerprint density at radius 3 is 2.31 bits per heavy atom. The molecular weight excluding hydrogens is 183 g/mol. The van der Waals surface area contributed by atoms with Crippen molar-refractivity contribution < 1.29 is 9.09 Å². The van der Waals surface area contributed by atoms with Crippen LogP contribution in [-0.2, 0) is 9.09 Å². The van der Waals surface area contributed by atoms with Crippen LogP contribution in [0.3, 0.4) is 0 Å². The average molecular weight is 206 g/mol. The maximum Gasteiger partial charge on any atom is 0.191 e. The van der Waals surface area contributed by atoms with Gasteiger partial charge in [-0.15, -0.1) is 0 Å². The highest BCUT2D eigenvalue weighted by molar-refractivity contribution is 7.39. The van der Waals surface area contributed by atoms with Gasteiger partial charge in [0.05, 0.1) is 6.61 Å². The third kappa shape index (κ3) is 10.1. The van der Waals surface area contributed by atoms with E-state index in [4.69, 9.17) is 4.52 Å². The van der Waals surface area contributed by atoms with Gasteiger partial charge in [-0.3, -0.25) is 4.57 Å². The first-order valence-corrected chi connectivity index (χ1v) is 6.99. The highest BCUT2D eigenvalue weighted by Gasteiger charge is 1.98. The van der Waals surface area contributed by atoms with Crippen LogP contribution in [0.5, 0.6) is 0 Å². The fourth-order valence-corrected chi connectivity index (χ4v) is 2.15. The Bertz CT molecular complexity index is 126. The molecule has 3 heteroatoms. The smallest absolute Gasteiger partial charge is 0.191 e. The molecule has 0 spiro atoms. The van der Waals surface area contributed by atoms with Crippen molar-refractivity contribution in [3.8, 4) is 0 Å². The Balaban J connectivity index is 3.11. The lowest BCUT2D eigenvalue weighted by Crippen LogP contribution is -1.88. The molecule has 0 aliphatic heterocycles. The lowest BCUT2D eigenvalue weighted by Gasteiger charge is -2.02. The monoisotopic (exact) mass is 206 g/mol. The largest absolute Gasteiger partial charge is 0.330 e. The van der Waals surface area contributed by atoms with Gasteiger partial charge in [0.1, 0.15) is 0 Å². The van der Waals surface area contributed by atoms with E-state index >= 15 is 0 Å². The minimum Gasteiger partial charge on any atom is -0.330 e. The summed E-state index contributed by atoms with van der Waals surface area (Å²) in [6.07, 6.45) is 7.69. The van der Waals surface area contributed by atoms with Gasteiger partial charge in [-0.1, -0.05) is 39.5 Å². The molecule has 0 aliphatic rings. The molecule has 0 aromatic heterocycles. The van der Waals surface area contributed by atoms with Gasteiger partial charge in [-0.25, -0.2) is 0 Å². The van der Waals surface area contributed by atoms with Crippen molar-refractivity contribution in [2.24, 2.45) is 0 Å². The second kappa shape index (κ2) is 10.3. The second-order valence-electron chi connectivity index (χ2n) is 3.38. The molecule has 80 valence electrons. The molecule has 0 fully saturated rings. The van der Waals surface area contributed by atoms with Crippen molar-refractivity contribution in [1.82, 2.24) is 0 Å². The molecular formula is C10H23O2P. The molecule has 0 amide bonds. The Morgan fingerprint density at radius 2 is 1.69 bits per heavy atom. The van der Waals surface area contributed by atoms with E-state index in [1.165, 1.54) is 19.3 Å². The summed E-state index contributed by atoms with van der Waals surface area (Å²) in [6, 6.07) is 0. The van der Waals surface area contributed by atoms with Crippen LogP contribution in [-0.4, -0.2) is 12.8 Å². The predicted octanol–water partition coefficient (Wildman–Crippen LogP) is 3.86. The van der Waals surface area contributed by atoms with Crippen LogP contribution in [0.2, 0.25) is 0 Å². The lowest BCUT2D eigenvalue weighted by atomic mass is 10.2. The molecule has 13 heavy (non-hydrogen) atoms. The van der Waals surface area contributed by atoms with Gasteiger partial charge in [0.2, 0.25) is 0 Å². The van der Waals surface area contributed by atoms with E-state index in [0.717, 1.165) is 25.4 Å². The molecule has 0 radical (unpaired) electrons. The number of rotatable bonds is 9. The first-order valence-electron chi connectivity index (χ1n) is 5.46. The highest BCUT2D eigenvalue weighted by Crippen LogP contribution is 2.24. The summed E-state index contributed by atoms with van der Waals surface area (Å²) in [7, 11) is -1.69. The molecule has 0 aromatic rings. The zero-order valence-corrected chi connectivity index (χ0v) is 9.97. The minimum absolute atomic E-state index is 0.683. The van der Waals surface area contributed by atoms with E-state index in [9.17, 15) is 4.57 Å². The van der Waals surface area contributed by atoms with Crippen molar-refractivity contribution in [3.63, 3.8) is 0 Å². The van der Waals surface area contributed by atoms with E-state index in [2.05, 4.69) is 13.8 Å². The van der Waals surface area contributed by atoms with Gasteiger partial charge < -0.3 is 4.52 Å². The van der Waals surface area contributed by atoms with Gasteiger partial charge in [0.25, 0.3) is 0 Å². The predicted molar refractivity (Wildman–Crippen MR) is 58.9 cm³/mol. The van der Waals surface area contributed by atoms with Gasteiger partial charge in [-0.05, 0) is 12.8 Å². The molecule has 2 nitrogen and oxygen atoms in total. The van der Waals surface area contributed by atoms with Crippen molar-refractivity contribution >= 4 is 8.03 Å². The Hall–Kier alpha value is 0.190. The van der Waals surface area contributed by atoms with E-state index in [1.54, 1.807) is 0 Å². The van der Waals surface area contributed by atoms with E-state index in [0.29, 0.717) is 6.61 Å². The SMILES string of the molecule is CCCCCC[PH](=O)OCCCC. The van der Waals surface area contributed by atoms with Gasteiger partial charge in [0.15, 0.2) is 8.03 Å². The minimum atomic E-state index is -1.69. The van der Waals surface area contributed by atoms with Gasteiger partial charge in [0, 0.05) is 6.16 Å². The number of unbranched alkanes of at least 4 members (excludes halogenated alkanes) is 4. The average Bonchev–Trinajstić information content (AvgIpc) is 2.13. The summed E-state index contributed by atoms with van der Waals surface area (Å²) >= 11 is 0. The summed E-state index contributed by atoms with van der Waals surface area (Å²) in [5.74, 6) is 0. The fourth-order valence-electron chi connectivity index (χ4n) is 1.10. The standard InChI is InChI=1S/C10H23O2P/c1-3-5-7-8-10-13(11)12-9-6-4-2/h13H,3-10H2,1-2H3. The molecule has 1 unspecified atom stereocenters. The van der Waals surface area contributed by atoms with Crippen molar-refractivity contribution in [2.75, 3.05) is 12.8 Å². The van der Waals surface area contributed by atoms with Gasteiger partial charge in [-0.2, -0.15) is 0 Å². The first-order chi connectivity index (χ1) is 6.31. The third-order valence-corrected chi connectivity index (χ3v) is 3.28. The summed E-state index contributed by atoms with van der Waals surface area (Å²) in [5, 5.41) is 0. The molecule has 0 aromatic carbocycles. The molecule has 0 bridgehead atoms.